The molecule has 4 heteroatoms. The fourth-order valence-electron chi connectivity index (χ4n) is 2.30. The standard InChI is InChI=1S/C13H23NOSSi/c1-7-8-16-10(3)9(2)11(12(14)15)13(16)17(4,5)6/h7,16H,1,8H2,2-6H3,(H2,14,15). The molecule has 0 saturated carbocycles. The van der Waals surface area contributed by atoms with Crippen molar-refractivity contribution in [1.29, 1.82) is 0 Å². The first-order valence-corrected chi connectivity index (χ1v) is 10.8. The van der Waals surface area contributed by atoms with E-state index in [1.54, 1.807) is 0 Å². The molecule has 96 valence electrons. The Morgan fingerprint density at radius 3 is 2.29 bits per heavy atom. The molecule has 0 bridgehead atoms. The second kappa shape index (κ2) is 4.86. The molecule has 0 aliphatic carbocycles. The van der Waals surface area contributed by atoms with Crippen LogP contribution in [0.5, 0.6) is 0 Å². The SMILES string of the molecule is C=CC[SH]1C(C)=C(C)C(C(N)=O)=C1[Si](C)(C)C. The molecule has 1 rings (SSSR count). The molecule has 17 heavy (non-hydrogen) atoms. The van der Waals surface area contributed by atoms with Crippen LogP contribution in [0.1, 0.15) is 13.8 Å². The van der Waals surface area contributed by atoms with Crippen molar-refractivity contribution in [3.8, 4) is 0 Å². The van der Waals surface area contributed by atoms with E-state index >= 15 is 0 Å². The maximum absolute atomic E-state index is 11.7. The van der Waals surface area contributed by atoms with Gasteiger partial charge in [0.25, 0.3) is 0 Å². The molecular weight excluding hydrogens is 246 g/mol. The fraction of sp³-hybridized carbons (Fsp3) is 0.462. The van der Waals surface area contributed by atoms with E-state index in [9.17, 15) is 4.79 Å². The van der Waals surface area contributed by atoms with Gasteiger partial charge in [0.05, 0.1) is 8.07 Å². The lowest BCUT2D eigenvalue weighted by atomic mass is 10.1. The van der Waals surface area contributed by atoms with Gasteiger partial charge in [-0.3, -0.25) is 4.79 Å². The van der Waals surface area contributed by atoms with E-state index in [4.69, 9.17) is 5.73 Å². The van der Waals surface area contributed by atoms with Crippen LogP contribution in [-0.2, 0) is 4.79 Å². The Labute approximate surface area is 108 Å². The Kier molecular flexibility index (Phi) is 4.09. The normalized spacial score (nSPS) is 23.2. The first kappa shape index (κ1) is 14.3. The van der Waals surface area contributed by atoms with E-state index in [1.165, 1.54) is 9.43 Å². The minimum Gasteiger partial charge on any atom is -0.366 e. The zero-order valence-corrected chi connectivity index (χ0v) is 13.3. The number of carbonyl (C=O) groups excluding carboxylic acids is 1. The highest BCUT2D eigenvalue weighted by atomic mass is 32.2. The zero-order valence-electron chi connectivity index (χ0n) is 11.4. The second-order valence-corrected chi connectivity index (χ2v) is 13.2. The number of allylic oxidation sites excluding steroid dienone is 1. The van der Waals surface area contributed by atoms with Crippen LogP contribution in [0.25, 0.3) is 0 Å². The number of hydrogen-bond acceptors (Lipinski definition) is 1. The summed E-state index contributed by atoms with van der Waals surface area (Å²) in [5.74, 6) is 0.711. The van der Waals surface area contributed by atoms with Crippen LogP contribution < -0.4 is 5.73 Å². The number of primary amides is 1. The van der Waals surface area contributed by atoms with Gasteiger partial charge in [0, 0.05) is 5.57 Å². The van der Waals surface area contributed by atoms with Gasteiger partial charge in [0.1, 0.15) is 0 Å². The van der Waals surface area contributed by atoms with E-state index in [1.807, 2.05) is 13.0 Å². The Bertz CT molecular complexity index is 429. The highest BCUT2D eigenvalue weighted by molar-refractivity contribution is 8.25. The van der Waals surface area contributed by atoms with Crippen molar-refractivity contribution in [3.05, 3.63) is 33.2 Å². The molecule has 2 nitrogen and oxygen atoms in total. The van der Waals surface area contributed by atoms with Crippen LogP contribution in [0.2, 0.25) is 19.6 Å². The third kappa shape index (κ3) is 2.58. The Morgan fingerprint density at radius 2 is 1.94 bits per heavy atom. The van der Waals surface area contributed by atoms with Gasteiger partial charge in [-0.1, -0.05) is 25.7 Å². The number of hydrogen-bond donors (Lipinski definition) is 2. The van der Waals surface area contributed by atoms with Gasteiger partial charge in [-0.05, 0) is 34.6 Å². The topological polar surface area (TPSA) is 43.1 Å². The van der Waals surface area contributed by atoms with E-state index < -0.39 is 8.07 Å². The van der Waals surface area contributed by atoms with E-state index in [0.717, 1.165) is 16.9 Å². The Morgan fingerprint density at radius 1 is 1.41 bits per heavy atom. The minimum absolute atomic E-state index is 0.256. The lowest BCUT2D eigenvalue weighted by Crippen LogP contribution is -2.28. The third-order valence-electron chi connectivity index (χ3n) is 3.10. The molecule has 1 unspecified atom stereocenters. The molecule has 0 aromatic heterocycles. The lowest BCUT2D eigenvalue weighted by molar-refractivity contribution is -0.114. The molecule has 1 aliphatic rings. The van der Waals surface area contributed by atoms with Gasteiger partial charge >= 0.3 is 0 Å². The van der Waals surface area contributed by atoms with Crippen molar-refractivity contribution in [1.82, 2.24) is 0 Å². The summed E-state index contributed by atoms with van der Waals surface area (Å²) in [6.07, 6.45) is 1.96. The average molecular weight is 269 g/mol. The summed E-state index contributed by atoms with van der Waals surface area (Å²) in [5, 5.41) is 0. The predicted octanol–water partition coefficient (Wildman–Crippen LogP) is 3.10. The van der Waals surface area contributed by atoms with Crippen LogP contribution >= 0.6 is 10.9 Å². The largest absolute Gasteiger partial charge is 0.366 e. The molecule has 2 N–H and O–H groups in total. The first-order chi connectivity index (χ1) is 7.71. The highest BCUT2D eigenvalue weighted by Gasteiger charge is 2.36. The van der Waals surface area contributed by atoms with Crippen molar-refractivity contribution in [2.45, 2.75) is 33.5 Å². The summed E-state index contributed by atoms with van der Waals surface area (Å²) in [7, 11) is -1.88. The maximum atomic E-state index is 11.7. The van der Waals surface area contributed by atoms with Crippen molar-refractivity contribution in [3.63, 3.8) is 0 Å². The van der Waals surface area contributed by atoms with Crippen LogP contribution in [-0.4, -0.2) is 19.7 Å². The maximum Gasteiger partial charge on any atom is 0.249 e. The molecule has 0 radical (unpaired) electrons. The summed E-state index contributed by atoms with van der Waals surface area (Å²) in [4.78, 5) is 13.1. The molecule has 0 saturated heterocycles. The number of nitrogens with two attached hydrogens (primary N) is 1. The van der Waals surface area contributed by atoms with Gasteiger partial charge in [0.15, 0.2) is 0 Å². The van der Waals surface area contributed by atoms with Gasteiger partial charge in [-0.15, -0.1) is 6.58 Å². The second-order valence-electron chi connectivity index (χ2n) is 5.45. The van der Waals surface area contributed by atoms with Crippen LogP contribution in [0.15, 0.2) is 33.2 Å². The van der Waals surface area contributed by atoms with Crippen LogP contribution in [0, 0.1) is 0 Å². The Hall–Kier alpha value is -0.743. The van der Waals surface area contributed by atoms with E-state index in [-0.39, 0.29) is 16.8 Å². The third-order valence-corrected chi connectivity index (χ3v) is 10.1. The van der Waals surface area contributed by atoms with Gasteiger partial charge < -0.3 is 5.73 Å². The molecule has 1 atom stereocenters. The van der Waals surface area contributed by atoms with Crippen LogP contribution in [0.4, 0.5) is 0 Å². The quantitative estimate of drug-likeness (QED) is 0.460. The van der Waals surface area contributed by atoms with E-state index in [0.29, 0.717) is 0 Å². The Balaban J connectivity index is 3.43. The highest BCUT2D eigenvalue weighted by Crippen LogP contribution is 2.56. The summed E-state index contributed by atoms with van der Waals surface area (Å²) < 4.78 is 1.37. The van der Waals surface area contributed by atoms with Gasteiger partial charge in [-0.2, -0.15) is 0 Å². The molecular formula is C13H23NOSSi. The molecule has 0 aromatic rings. The lowest BCUT2D eigenvalue weighted by Gasteiger charge is -2.29. The van der Waals surface area contributed by atoms with E-state index in [2.05, 4.69) is 33.1 Å². The minimum atomic E-state index is -1.52. The van der Waals surface area contributed by atoms with Crippen molar-refractivity contribution < 1.29 is 4.79 Å². The first-order valence-electron chi connectivity index (χ1n) is 5.82. The van der Waals surface area contributed by atoms with Gasteiger partial charge in [-0.25, -0.2) is 10.9 Å². The number of amides is 1. The molecule has 1 heterocycles. The molecule has 1 amide bonds. The van der Waals surface area contributed by atoms with Crippen molar-refractivity contribution in [2.75, 3.05) is 5.75 Å². The van der Waals surface area contributed by atoms with Gasteiger partial charge in [0.2, 0.25) is 5.91 Å². The predicted molar refractivity (Wildman–Crippen MR) is 82.0 cm³/mol. The summed E-state index contributed by atoms with van der Waals surface area (Å²) >= 11 is 0. The smallest absolute Gasteiger partial charge is 0.249 e. The average Bonchev–Trinajstić information content (AvgIpc) is 2.42. The zero-order chi connectivity index (χ0) is 13.4. The summed E-state index contributed by atoms with van der Waals surface area (Å²) in [6, 6.07) is 0. The monoisotopic (exact) mass is 269 g/mol. The summed E-state index contributed by atoms with van der Waals surface area (Å²) in [5.41, 5.74) is 7.51. The molecule has 0 spiro atoms. The molecule has 0 fully saturated rings. The van der Waals surface area contributed by atoms with Crippen LogP contribution in [0.3, 0.4) is 0 Å². The molecule has 0 aromatic carbocycles. The summed E-state index contributed by atoms with van der Waals surface area (Å²) in [6.45, 7) is 14.9. The number of carbonyl (C=O) groups is 1. The number of thiol groups is 1. The number of rotatable bonds is 4. The fourth-order valence-corrected chi connectivity index (χ4v) is 9.49. The van der Waals surface area contributed by atoms with Crippen molar-refractivity contribution in [2.24, 2.45) is 5.73 Å². The molecule has 1 aliphatic heterocycles. The van der Waals surface area contributed by atoms with Crippen molar-refractivity contribution >= 4 is 24.9 Å².